The topological polar surface area (TPSA) is 51.2 Å². The second-order valence-electron chi connectivity index (χ2n) is 5.10. The van der Waals surface area contributed by atoms with Gasteiger partial charge in [0.15, 0.2) is 0 Å². The Morgan fingerprint density at radius 3 is 2.38 bits per heavy atom. The normalized spacial score (nSPS) is 10.2. The van der Waals surface area contributed by atoms with E-state index in [9.17, 15) is 9.18 Å². The molecule has 0 aliphatic carbocycles. The Kier molecular flexibility index (Phi) is 4.52. The molecular formula is C19H15FN2O2. The number of carbonyl (C=O) groups excluding carboxylic acids is 1. The van der Waals surface area contributed by atoms with Crippen LogP contribution in [0.25, 0.3) is 11.3 Å². The molecule has 120 valence electrons. The summed E-state index contributed by atoms with van der Waals surface area (Å²) in [6.07, 6.45) is 0. The molecule has 4 nitrogen and oxygen atoms in total. The third kappa shape index (κ3) is 3.57. The zero-order valence-electron chi connectivity index (χ0n) is 13.0. The lowest BCUT2D eigenvalue weighted by Crippen LogP contribution is -2.13. The average molecular weight is 322 g/mol. The summed E-state index contributed by atoms with van der Waals surface area (Å²) in [6.45, 7) is 0. The number of methoxy groups -OCH3 is 1. The van der Waals surface area contributed by atoms with E-state index in [4.69, 9.17) is 4.74 Å². The Bertz CT molecular complexity index is 846. The lowest BCUT2D eigenvalue weighted by molar-refractivity contribution is 0.102. The van der Waals surface area contributed by atoms with Crippen molar-refractivity contribution in [1.29, 1.82) is 0 Å². The van der Waals surface area contributed by atoms with E-state index in [2.05, 4.69) is 10.3 Å². The SMILES string of the molecule is COc1ccc(-c2cccc(NC(=O)c3ccc(F)cc3)n2)cc1. The van der Waals surface area contributed by atoms with E-state index in [1.165, 1.54) is 24.3 Å². The van der Waals surface area contributed by atoms with Gasteiger partial charge in [-0.2, -0.15) is 0 Å². The van der Waals surface area contributed by atoms with Gasteiger partial charge in [0.05, 0.1) is 12.8 Å². The predicted octanol–water partition coefficient (Wildman–Crippen LogP) is 4.15. The number of ether oxygens (including phenoxy) is 1. The monoisotopic (exact) mass is 322 g/mol. The second kappa shape index (κ2) is 6.91. The minimum Gasteiger partial charge on any atom is -0.497 e. The maximum Gasteiger partial charge on any atom is 0.256 e. The third-order valence-corrected chi connectivity index (χ3v) is 3.48. The first-order chi connectivity index (χ1) is 11.7. The first-order valence-electron chi connectivity index (χ1n) is 7.34. The molecule has 1 N–H and O–H groups in total. The highest BCUT2D eigenvalue weighted by molar-refractivity contribution is 6.03. The molecule has 1 heterocycles. The minimum atomic E-state index is -0.383. The van der Waals surface area contributed by atoms with Gasteiger partial charge in [-0.3, -0.25) is 4.79 Å². The van der Waals surface area contributed by atoms with Crippen molar-refractivity contribution in [3.63, 3.8) is 0 Å². The van der Waals surface area contributed by atoms with Crippen molar-refractivity contribution in [2.45, 2.75) is 0 Å². The van der Waals surface area contributed by atoms with Crippen molar-refractivity contribution in [1.82, 2.24) is 4.98 Å². The van der Waals surface area contributed by atoms with Gasteiger partial charge >= 0.3 is 0 Å². The Morgan fingerprint density at radius 2 is 1.71 bits per heavy atom. The second-order valence-corrected chi connectivity index (χ2v) is 5.10. The smallest absolute Gasteiger partial charge is 0.256 e. The van der Waals surface area contributed by atoms with Gasteiger partial charge in [0, 0.05) is 11.1 Å². The molecule has 0 aliphatic rings. The fourth-order valence-corrected chi connectivity index (χ4v) is 2.22. The van der Waals surface area contributed by atoms with E-state index in [-0.39, 0.29) is 11.7 Å². The first kappa shape index (κ1) is 15.7. The molecule has 0 unspecified atom stereocenters. The van der Waals surface area contributed by atoms with Crippen LogP contribution in [0.1, 0.15) is 10.4 Å². The Hall–Kier alpha value is -3.21. The van der Waals surface area contributed by atoms with E-state index in [0.29, 0.717) is 11.4 Å². The summed E-state index contributed by atoms with van der Waals surface area (Å²) < 4.78 is 18.1. The van der Waals surface area contributed by atoms with Crippen LogP contribution in [0.3, 0.4) is 0 Å². The number of halogens is 1. The summed E-state index contributed by atoms with van der Waals surface area (Å²) in [5.74, 6) is 0.470. The third-order valence-electron chi connectivity index (χ3n) is 3.48. The van der Waals surface area contributed by atoms with E-state index in [1.54, 1.807) is 13.2 Å². The summed E-state index contributed by atoms with van der Waals surface area (Å²) >= 11 is 0. The van der Waals surface area contributed by atoms with E-state index >= 15 is 0 Å². The van der Waals surface area contributed by atoms with Crippen LogP contribution in [0.4, 0.5) is 10.2 Å². The molecule has 5 heteroatoms. The predicted molar refractivity (Wildman–Crippen MR) is 90.6 cm³/mol. The maximum atomic E-state index is 12.9. The number of nitrogens with zero attached hydrogens (tertiary/aromatic N) is 1. The standard InChI is InChI=1S/C19H15FN2O2/c1-24-16-11-7-13(8-12-16)17-3-2-4-18(21-17)22-19(23)14-5-9-15(20)10-6-14/h2-12H,1H3,(H,21,22,23). The molecule has 0 fully saturated rings. The lowest BCUT2D eigenvalue weighted by Gasteiger charge is -2.07. The number of rotatable bonds is 4. The van der Waals surface area contributed by atoms with Gasteiger partial charge < -0.3 is 10.1 Å². The fourth-order valence-electron chi connectivity index (χ4n) is 2.22. The van der Waals surface area contributed by atoms with Gasteiger partial charge in [0.25, 0.3) is 5.91 Å². The zero-order chi connectivity index (χ0) is 16.9. The van der Waals surface area contributed by atoms with Crippen LogP contribution in [-0.2, 0) is 0 Å². The molecule has 0 bridgehead atoms. The number of benzene rings is 2. The van der Waals surface area contributed by atoms with Gasteiger partial charge in [-0.05, 0) is 60.7 Å². The number of pyridine rings is 1. The summed E-state index contributed by atoms with van der Waals surface area (Å²) in [7, 11) is 1.61. The molecule has 3 aromatic rings. The number of amides is 1. The number of hydrogen-bond donors (Lipinski definition) is 1. The summed E-state index contributed by atoms with van der Waals surface area (Å²) in [5.41, 5.74) is 2.01. The van der Waals surface area contributed by atoms with Crippen molar-refractivity contribution in [2.75, 3.05) is 12.4 Å². The number of anilines is 1. The van der Waals surface area contributed by atoms with Crippen molar-refractivity contribution in [3.05, 3.63) is 78.1 Å². The molecule has 0 radical (unpaired) electrons. The molecule has 2 aromatic carbocycles. The molecule has 24 heavy (non-hydrogen) atoms. The highest BCUT2D eigenvalue weighted by atomic mass is 19.1. The molecule has 0 atom stereocenters. The maximum absolute atomic E-state index is 12.9. The Labute approximate surface area is 138 Å². The Balaban J connectivity index is 1.79. The highest BCUT2D eigenvalue weighted by Crippen LogP contribution is 2.22. The van der Waals surface area contributed by atoms with Gasteiger partial charge in [-0.15, -0.1) is 0 Å². The van der Waals surface area contributed by atoms with Crippen LogP contribution in [0.15, 0.2) is 66.7 Å². The van der Waals surface area contributed by atoms with Crippen LogP contribution in [0.5, 0.6) is 5.75 Å². The molecule has 0 aliphatic heterocycles. The number of carbonyl (C=O) groups is 1. The average Bonchev–Trinajstić information content (AvgIpc) is 2.62. The van der Waals surface area contributed by atoms with Crippen molar-refractivity contribution in [2.24, 2.45) is 0 Å². The van der Waals surface area contributed by atoms with Gasteiger partial charge in [0.1, 0.15) is 17.4 Å². The van der Waals surface area contributed by atoms with Crippen molar-refractivity contribution in [3.8, 4) is 17.0 Å². The molecule has 1 aromatic heterocycles. The quantitative estimate of drug-likeness (QED) is 0.785. The number of nitrogens with one attached hydrogen (secondary N) is 1. The van der Waals surface area contributed by atoms with E-state index in [1.807, 2.05) is 36.4 Å². The molecule has 1 amide bonds. The van der Waals surface area contributed by atoms with Crippen LogP contribution in [-0.4, -0.2) is 18.0 Å². The van der Waals surface area contributed by atoms with Gasteiger partial charge in [-0.1, -0.05) is 6.07 Å². The zero-order valence-corrected chi connectivity index (χ0v) is 13.0. The van der Waals surface area contributed by atoms with Crippen molar-refractivity contribution < 1.29 is 13.9 Å². The number of hydrogen-bond acceptors (Lipinski definition) is 3. The van der Waals surface area contributed by atoms with E-state index < -0.39 is 0 Å². The van der Waals surface area contributed by atoms with Crippen LogP contribution in [0.2, 0.25) is 0 Å². The molecule has 3 rings (SSSR count). The highest BCUT2D eigenvalue weighted by Gasteiger charge is 2.08. The Morgan fingerprint density at radius 1 is 1.00 bits per heavy atom. The first-order valence-corrected chi connectivity index (χ1v) is 7.34. The summed E-state index contributed by atoms with van der Waals surface area (Å²) in [4.78, 5) is 16.6. The van der Waals surface area contributed by atoms with E-state index in [0.717, 1.165) is 17.0 Å². The van der Waals surface area contributed by atoms with Crippen molar-refractivity contribution >= 4 is 11.7 Å². The summed E-state index contributed by atoms with van der Waals surface area (Å²) in [6, 6.07) is 18.2. The number of aromatic nitrogens is 1. The lowest BCUT2D eigenvalue weighted by atomic mass is 10.1. The molecule has 0 spiro atoms. The van der Waals surface area contributed by atoms with Crippen LogP contribution < -0.4 is 10.1 Å². The largest absolute Gasteiger partial charge is 0.497 e. The molecule has 0 saturated carbocycles. The molecule has 0 saturated heterocycles. The van der Waals surface area contributed by atoms with Gasteiger partial charge in [0.2, 0.25) is 0 Å². The molecular weight excluding hydrogens is 307 g/mol. The minimum absolute atomic E-state index is 0.339. The van der Waals surface area contributed by atoms with Gasteiger partial charge in [-0.25, -0.2) is 9.37 Å². The van der Waals surface area contributed by atoms with Crippen LogP contribution in [0, 0.1) is 5.82 Å². The van der Waals surface area contributed by atoms with Crippen LogP contribution >= 0.6 is 0 Å². The fraction of sp³-hybridized carbons (Fsp3) is 0.0526. The summed E-state index contributed by atoms with van der Waals surface area (Å²) in [5, 5.41) is 2.71.